The molecule has 1 unspecified atom stereocenters. The lowest BCUT2D eigenvalue weighted by molar-refractivity contribution is 0.398. The van der Waals surface area contributed by atoms with Crippen LogP contribution in [-0.2, 0) is 0 Å². The summed E-state index contributed by atoms with van der Waals surface area (Å²) in [6.45, 7) is 4.41. The van der Waals surface area contributed by atoms with E-state index < -0.39 is 0 Å². The van der Waals surface area contributed by atoms with Gasteiger partial charge in [0.1, 0.15) is 5.75 Å². The van der Waals surface area contributed by atoms with Crippen LogP contribution in [0.2, 0.25) is 0 Å². The first-order valence-corrected chi connectivity index (χ1v) is 7.26. The van der Waals surface area contributed by atoms with Crippen LogP contribution in [0.1, 0.15) is 38.3 Å². The molecular formula is C14H21NOS. The van der Waals surface area contributed by atoms with Gasteiger partial charge in [0, 0.05) is 12.1 Å². The minimum Gasteiger partial charge on any atom is -0.496 e. The molecule has 3 heteroatoms. The van der Waals surface area contributed by atoms with E-state index in [1.165, 1.54) is 29.1 Å². The van der Waals surface area contributed by atoms with Gasteiger partial charge in [-0.25, -0.2) is 0 Å². The number of hydrogen-bond acceptors (Lipinski definition) is 3. The molecule has 0 aromatic heterocycles. The van der Waals surface area contributed by atoms with E-state index in [2.05, 4.69) is 37.4 Å². The molecule has 0 fully saturated rings. The molecule has 0 saturated heterocycles. The second-order valence-electron chi connectivity index (χ2n) is 4.74. The number of fused-ring (bicyclic) bond motifs is 1. The smallest absolute Gasteiger partial charge is 0.132 e. The third kappa shape index (κ3) is 2.96. The molecule has 1 atom stereocenters. The van der Waals surface area contributed by atoms with Crippen LogP contribution in [-0.4, -0.2) is 18.9 Å². The van der Waals surface area contributed by atoms with Gasteiger partial charge in [-0.1, -0.05) is 26.0 Å². The molecule has 1 aromatic carbocycles. The first-order valence-electron chi connectivity index (χ1n) is 6.28. The summed E-state index contributed by atoms with van der Waals surface area (Å²) in [4.78, 5) is 1.32. The lowest BCUT2D eigenvalue weighted by atomic mass is 10.0. The van der Waals surface area contributed by atoms with Crippen LogP contribution in [0.5, 0.6) is 5.75 Å². The summed E-state index contributed by atoms with van der Waals surface area (Å²) in [6.07, 6.45) is 2.47. The summed E-state index contributed by atoms with van der Waals surface area (Å²) < 4.78 is 5.47. The van der Waals surface area contributed by atoms with Crippen molar-refractivity contribution >= 4 is 11.8 Å². The van der Waals surface area contributed by atoms with Crippen molar-refractivity contribution in [2.75, 3.05) is 12.9 Å². The summed E-state index contributed by atoms with van der Waals surface area (Å²) in [5.74, 6) is 2.20. The van der Waals surface area contributed by atoms with Crippen LogP contribution in [0, 0.1) is 0 Å². The maximum absolute atomic E-state index is 5.47. The average Bonchev–Trinajstić information content (AvgIpc) is 2.51. The first kappa shape index (κ1) is 12.8. The van der Waals surface area contributed by atoms with Crippen LogP contribution in [0.4, 0.5) is 0 Å². The monoisotopic (exact) mass is 251 g/mol. The van der Waals surface area contributed by atoms with E-state index in [1.54, 1.807) is 7.11 Å². The Hall–Kier alpha value is -0.670. The van der Waals surface area contributed by atoms with E-state index in [-0.39, 0.29) is 0 Å². The van der Waals surface area contributed by atoms with Gasteiger partial charge in [-0.15, -0.1) is 11.8 Å². The number of rotatable bonds is 3. The van der Waals surface area contributed by atoms with Gasteiger partial charge in [-0.05, 0) is 30.2 Å². The number of hydrogen-bond donors (Lipinski definition) is 1. The van der Waals surface area contributed by atoms with E-state index >= 15 is 0 Å². The molecule has 2 nitrogen and oxygen atoms in total. The fraction of sp³-hybridized carbons (Fsp3) is 0.571. The van der Waals surface area contributed by atoms with Crippen LogP contribution in [0.15, 0.2) is 23.1 Å². The van der Waals surface area contributed by atoms with Crippen LogP contribution in [0.25, 0.3) is 0 Å². The summed E-state index contributed by atoms with van der Waals surface area (Å²) in [7, 11) is 1.76. The number of methoxy groups -OCH3 is 1. The van der Waals surface area contributed by atoms with Crippen molar-refractivity contribution < 1.29 is 4.74 Å². The van der Waals surface area contributed by atoms with Crippen LogP contribution in [0.3, 0.4) is 0 Å². The Kier molecular flexibility index (Phi) is 4.35. The lowest BCUT2D eigenvalue weighted by Crippen LogP contribution is -2.28. The predicted molar refractivity (Wildman–Crippen MR) is 74.0 cm³/mol. The molecule has 1 N–H and O–H groups in total. The van der Waals surface area contributed by atoms with Crippen molar-refractivity contribution in [2.24, 2.45) is 0 Å². The third-order valence-electron chi connectivity index (χ3n) is 3.02. The molecule has 0 bridgehead atoms. The molecular weight excluding hydrogens is 230 g/mol. The van der Waals surface area contributed by atoms with Gasteiger partial charge in [0.2, 0.25) is 0 Å². The van der Waals surface area contributed by atoms with E-state index in [0.717, 1.165) is 5.75 Å². The molecule has 2 rings (SSSR count). The van der Waals surface area contributed by atoms with Gasteiger partial charge in [0.15, 0.2) is 0 Å². The normalized spacial score (nSPS) is 19.9. The second-order valence-corrected chi connectivity index (χ2v) is 5.85. The summed E-state index contributed by atoms with van der Waals surface area (Å²) >= 11 is 1.93. The van der Waals surface area contributed by atoms with E-state index in [0.29, 0.717) is 12.1 Å². The molecule has 1 aromatic rings. The van der Waals surface area contributed by atoms with Crippen LogP contribution >= 0.6 is 11.8 Å². The maximum atomic E-state index is 5.47. The number of thioether (sulfide) groups is 1. The lowest BCUT2D eigenvalue weighted by Gasteiger charge is -2.22. The molecule has 0 radical (unpaired) electrons. The van der Waals surface area contributed by atoms with E-state index in [9.17, 15) is 0 Å². The SMILES string of the molecule is COc1cccc2c1SCCCC2NC(C)C. The highest BCUT2D eigenvalue weighted by Crippen LogP contribution is 2.40. The topological polar surface area (TPSA) is 21.3 Å². The minimum atomic E-state index is 0.468. The quantitative estimate of drug-likeness (QED) is 0.886. The summed E-state index contributed by atoms with van der Waals surface area (Å²) in [5.41, 5.74) is 1.40. The Bertz CT molecular complexity index is 378. The van der Waals surface area contributed by atoms with Crippen molar-refractivity contribution in [2.45, 2.75) is 43.7 Å². The standard InChI is InChI=1S/C14H21NOS/c1-10(2)15-12-7-5-9-17-14-11(12)6-4-8-13(14)16-3/h4,6,8,10,12,15H,5,7,9H2,1-3H3. The molecule has 0 saturated carbocycles. The van der Waals surface area contributed by atoms with Gasteiger partial charge >= 0.3 is 0 Å². The largest absolute Gasteiger partial charge is 0.496 e. The summed E-state index contributed by atoms with van der Waals surface area (Å²) in [5, 5.41) is 3.66. The zero-order valence-electron chi connectivity index (χ0n) is 10.8. The molecule has 1 heterocycles. The highest BCUT2D eigenvalue weighted by atomic mass is 32.2. The fourth-order valence-corrected chi connectivity index (χ4v) is 3.50. The zero-order chi connectivity index (χ0) is 12.3. The molecule has 0 aliphatic carbocycles. The van der Waals surface area contributed by atoms with Gasteiger partial charge in [0.25, 0.3) is 0 Å². The zero-order valence-corrected chi connectivity index (χ0v) is 11.6. The van der Waals surface area contributed by atoms with Crippen molar-refractivity contribution in [3.05, 3.63) is 23.8 Å². The van der Waals surface area contributed by atoms with Gasteiger partial charge in [-0.3, -0.25) is 0 Å². The first-order chi connectivity index (χ1) is 8.22. The second kappa shape index (κ2) is 5.78. The van der Waals surface area contributed by atoms with Crippen molar-refractivity contribution in [3.8, 4) is 5.75 Å². The Morgan fingerprint density at radius 1 is 1.41 bits per heavy atom. The molecule has 17 heavy (non-hydrogen) atoms. The van der Waals surface area contributed by atoms with Crippen molar-refractivity contribution in [1.82, 2.24) is 5.32 Å². The molecule has 94 valence electrons. The van der Waals surface area contributed by atoms with Gasteiger partial charge in [-0.2, -0.15) is 0 Å². The maximum Gasteiger partial charge on any atom is 0.132 e. The number of ether oxygens (including phenoxy) is 1. The molecule has 0 spiro atoms. The average molecular weight is 251 g/mol. The highest BCUT2D eigenvalue weighted by Gasteiger charge is 2.21. The van der Waals surface area contributed by atoms with E-state index in [1.807, 2.05) is 11.8 Å². The predicted octanol–water partition coefficient (Wildman–Crippen LogP) is 3.62. The Morgan fingerprint density at radius 2 is 2.24 bits per heavy atom. The highest BCUT2D eigenvalue weighted by molar-refractivity contribution is 7.99. The number of benzene rings is 1. The Balaban J connectivity index is 2.35. The molecule has 1 aliphatic rings. The molecule has 1 aliphatic heterocycles. The van der Waals surface area contributed by atoms with Gasteiger partial charge in [0.05, 0.1) is 12.0 Å². The number of nitrogens with one attached hydrogen (secondary N) is 1. The van der Waals surface area contributed by atoms with Crippen molar-refractivity contribution in [1.29, 1.82) is 0 Å². The van der Waals surface area contributed by atoms with Crippen molar-refractivity contribution in [3.63, 3.8) is 0 Å². The Morgan fingerprint density at radius 3 is 2.94 bits per heavy atom. The Labute approximate surface area is 108 Å². The minimum absolute atomic E-state index is 0.468. The van der Waals surface area contributed by atoms with Gasteiger partial charge < -0.3 is 10.1 Å². The fourth-order valence-electron chi connectivity index (χ4n) is 2.32. The third-order valence-corrected chi connectivity index (χ3v) is 4.24. The van der Waals surface area contributed by atoms with Crippen LogP contribution < -0.4 is 10.1 Å². The van der Waals surface area contributed by atoms with E-state index in [4.69, 9.17) is 4.74 Å². The molecule has 0 amide bonds. The summed E-state index contributed by atoms with van der Waals surface area (Å²) in [6, 6.07) is 7.37.